The molecule has 0 unspecified atom stereocenters. The van der Waals surface area contributed by atoms with Gasteiger partial charge in [-0.15, -0.1) is 0 Å². The van der Waals surface area contributed by atoms with Gasteiger partial charge in [0.05, 0.1) is 0 Å². The van der Waals surface area contributed by atoms with E-state index >= 15 is 0 Å². The van der Waals surface area contributed by atoms with Gasteiger partial charge in [-0.3, -0.25) is 0 Å². The highest BCUT2D eigenvalue weighted by atomic mass is 19.3. The van der Waals surface area contributed by atoms with Gasteiger partial charge in [-0.05, 0) is 0 Å². The average molecular weight is 139 g/mol. The predicted molar refractivity (Wildman–Crippen MR) is 27.1 cm³/mol. The lowest BCUT2D eigenvalue weighted by molar-refractivity contribution is -0.165. The molecule has 2 N–H and O–H groups in total. The zero-order valence-corrected chi connectivity index (χ0v) is 4.83. The van der Waals surface area contributed by atoms with Gasteiger partial charge in [-0.25, -0.2) is 13.2 Å². The van der Waals surface area contributed by atoms with Crippen molar-refractivity contribution in [3.05, 3.63) is 0 Å². The zero-order valence-electron chi connectivity index (χ0n) is 4.83. The summed E-state index contributed by atoms with van der Waals surface area (Å²) in [4.78, 5) is 0. The Kier molecular flexibility index (Phi) is 1.24. The first-order valence-corrected chi connectivity index (χ1v) is 2.74. The van der Waals surface area contributed by atoms with Crippen molar-refractivity contribution in [2.45, 2.75) is 24.4 Å². The zero-order chi connectivity index (χ0) is 7.12. The smallest absolute Gasteiger partial charge is 0.254 e. The molecule has 0 atom stereocenters. The Labute approximate surface area is 51.0 Å². The van der Waals surface area contributed by atoms with Crippen LogP contribution in [0, 0.1) is 0 Å². The molecular weight excluding hydrogens is 131 g/mol. The van der Waals surface area contributed by atoms with E-state index < -0.39 is 24.4 Å². The van der Waals surface area contributed by atoms with E-state index in [4.69, 9.17) is 5.73 Å². The van der Waals surface area contributed by atoms with Gasteiger partial charge in [0.2, 0.25) is 0 Å². The van der Waals surface area contributed by atoms with Crippen LogP contribution in [0.15, 0.2) is 0 Å². The maximum Gasteiger partial charge on any atom is 0.254 e. The van der Waals surface area contributed by atoms with Crippen LogP contribution in [0.25, 0.3) is 0 Å². The van der Waals surface area contributed by atoms with Crippen LogP contribution in [-0.2, 0) is 0 Å². The summed E-state index contributed by atoms with van der Waals surface area (Å²) in [6.07, 6.45) is -1.40. The first-order valence-electron chi connectivity index (χ1n) is 2.74. The Hall–Kier alpha value is -0.250. The fourth-order valence-electron chi connectivity index (χ4n) is 1.02. The molecule has 1 nitrogen and oxygen atoms in total. The number of halogens is 3. The summed E-state index contributed by atoms with van der Waals surface area (Å²) in [6, 6.07) is 0. The maximum atomic E-state index is 12.5. The molecule has 0 spiro atoms. The molecule has 0 aromatic rings. The molecule has 1 aliphatic carbocycles. The molecule has 0 bridgehead atoms. The first kappa shape index (κ1) is 6.86. The summed E-state index contributed by atoms with van der Waals surface area (Å²) in [5, 5.41) is 0. The molecule has 1 saturated carbocycles. The van der Waals surface area contributed by atoms with Crippen molar-refractivity contribution in [1.82, 2.24) is 0 Å². The summed E-state index contributed by atoms with van der Waals surface area (Å²) in [5.41, 5.74) is 3.11. The summed E-state index contributed by atoms with van der Waals surface area (Å²) in [5.74, 6) is -2.80. The molecule has 1 aliphatic rings. The van der Waals surface area contributed by atoms with Gasteiger partial charge in [0.25, 0.3) is 5.92 Å². The lowest BCUT2D eigenvalue weighted by Gasteiger charge is -2.39. The molecule has 54 valence electrons. The van der Waals surface area contributed by atoms with Crippen molar-refractivity contribution in [2.24, 2.45) is 5.73 Å². The summed E-state index contributed by atoms with van der Waals surface area (Å²) in [7, 11) is 0. The van der Waals surface area contributed by atoms with E-state index in [0.717, 1.165) is 0 Å². The number of rotatable bonds is 1. The molecule has 0 aromatic carbocycles. The molecule has 0 radical (unpaired) electrons. The van der Waals surface area contributed by atoms with Crippen molar-refractivity contribution >= 4 is 0 Å². The van der Waals surface area contributed by atoms with Crippen molar-refractivity contribution in [3.8, 4) is 0 Å². The minimum absolute atomic E-state index is 0.289. The van der Waals surface area contributed by atoms with E-state index in [2.05, 4.69) is 0 Å². The number of nitrogens with two attached hydrogens (primary N) is 1. The predicted octanol–water partition coefficient (Wildman–Crippen LogP) is 1.08. The molecule has 1 rings (SSSR count). The van der Waals surface area contributed by atoms with Crippen LogP contribution < -0.4 is 5.73 Å². The molecule has 4 heteroatoms. The van der Waals surface area contributed by atoms with E-state index in [1.54, 1.807) is 0 Å². The van der Waals surface area contributed by atoms with E-state index in [1.807, 2.05) is 0 Å². The Balaban J connectivity index is 2.41. The Morgan fingerprint density at radius 3 is 1.78 bits per heavy atom. The van der Waals surface area contributed by atoms with E-state index in [0.29, 0.717) is 0 Å². The van der Waals surface area contributed by atoms with Crippen LogP contribution in [0.2, 0.25) is 0 Å². The second kappa shape index (κ2) is 1.62. The third-order valence-electron chi connectivity index (χ3n) is 1.52. The third kappa shape index (κ3) is 1.18. The van der Waals surface area contributed by atoms with Crippen molar-refractivity contribution in [2.75, 3.05) is 6.54 Å². The third-order valence-corrected chi connectivity index (χ3v) is 1.52. The lowest BCUT2D eigenvalue weighted by atomic mass is 9.78. The van der Waals surface area contributed by atoms with E-state index in [9.17, 15) is 13.2 Å². The van der Waals surface area contributed by atoms with Gasteiger partial charge in [0.15, 0.2) is 0 Å². The van der Waals surface area contributed by atoms with Crippen LogP contribution in [-0.4, -0.2) is 18.1 Å². The minimum atomic E-state index is -2.80. The topological polar surface area (TPSA) is 26.0 Å². The lowest BCUT2D eigenvalue weighted by Crippen LogP contribution is -2.52. The van der Waals surface area contributed by atoms with Crippen LogP contribution >= 0.6 is 0 Å². The van der Waals surface area contributed by atoms with Gasteiger partial charge in [0, 0.05) is 19.4 Å². The molecule has 0 amide bonds. The van der Waals surface area contributed by atoms with E-state index in [-0.39, 0.29) is 6.54 Å². The van der Waals surface area contributed by atoms with Crippen molar-refractivity contribution in [3.63, 3.8) is 0 Å². The highest BCUT2D eigenvalue weighted by Crippen LogP contribution is 2.47. The second-order valence-electron chi connectivity index (χ2n) is 2.56. The molecule has 0 aromatic heterocycles. The molecule has 0 heterocycles. The van der Waals surface area contributed by atoms with Crippen LogP contribution in [0.4, 0.5) is 13.2 Å². The van der Waals surface area contributed by atoms with Crippen molar-refractivity contribution < 1.29 is 13.2 Å². The van der Waals surface area contributed by atoms with Gasteiger partial charge in [0.1, 0.15) is 5.67 Å². The Morgan fingerprint density at radius 2 is 1.67 bits per heavy atom. The highest BCUT2D eigenvalue weighted by Gasteiger charge is 2.56. The van der Waals surface area contributed by atoms with Gasteiger partial charge >= 0.3 is 0 Å². The highest BCUT2D eigenvalue weighted by molar-refractivity contribution is 5.00. The summed E-state index contributed by atoms with van der Waals surface area (Å²) in [6.45, 7) is -0.289. The van der Waals surface area contributed by atoms with E-state index in [1.165, 1.54) is 0 Å². The minimum Gasteiger partial charge on any atom is -0.328 e. The van der Waals surface area contributed by atoms with Crippen LogP contribution in [0.3, 0.4) is 0 Å². The number of alkyl halides is 3. The SMILES string of the molecule is NCC1(F)CC(F)(F)C1. The quantitative estimate of drug-likeness (QED) is 0.578. The number of hydrogen-bond donors (Lipinski definition) is 1. The Morgan fingerprint density at radius 1 is 1.22 bits per heavy atom. The van der Waals surface area contributed by atoms with Gasteiger partial charge in [-0.2, -0.15) is 0 Å². The fraction of sp³-hybridized carbons (Fsp3) is 1.00. The average Bonchev–Trinajstić information content (AvgIpc) is 1.61. The largest absolute Gasteiger partial charge is 0.328 e. The maximum absolute atomic E-state index is 12.5. The second-order valence-corrected chi connectivity index (χ2v) is 2.56. The molecule has 0 saturated heterocycles. The first-order chi connectivity index (χ1) is 3.97. The fourth-order valence-corrected chi connectivity index (χ4v) is 1.02. The van der Waals surface area contributed by atoms with Crippen molar-refractivity contribution in [1.29, 1.82) is 0 Å². The van der Waals surface area contributed by atoms with Crippen LogP contribution in [0.5, 0.6) is 0 Å². The monoisotopic (exact) mass is 139 g/mol. The normalized spacial score (nSPS) is 29.3. The number of hydrogen-bond acceptors (Lipinski definition) is 1. The molecular formula is C5H8F3N. The molecule has 0 aliphatic heterocycles. The molecule has 1 fully saturated rings. The summed E-state index contributed by atoms with van der Waals surface area (Å²) >= 11 is 0. The van der Waals surface area contributed by atoms with Gasteiger partial charge < -0.3 is 5.73 Å². The van der Waals surface area contributed by atoms with Crippen LogP contribution in [0.1, 0.15) is 12.8 Å². The Bertz CT molecular complexity index is 115. The van der Waals surface area contributed by atoms with Gasteiger partial charge in [-0.1, -0.05) is 0 Å². The standard InChI is InChI=1S/C5H8F3N/c6-4(3-9)1-5(7,8)2-4/h1-3,9H2. The molecule has 9 heavy (non-hydrogen) atoms. The summed E-state index contributed by atoms with van der Waals surface area (Å²) < 4.78 is 36.4.